The van der Waals surface area contributed by atoms with Crippen molar-refractivity contribution in [1.82, 2.24) is 5.32 Å². The minimum atomic E-state index is -0.00958. The Hall–Kier alpha value is -1.55. The Bertz CT molecular complexity index is 665. The second-order valence-corrected chi connectivity index (χ2v) is 6.76. The van der Waals surface area contributed by atoms with Crippen LogP contribution in [0.5, 0.6) is 0 Å². The van der Waals surface area contributed by atoms with Crippen molar-refractivity contribution in [2.75, 3.05) is 5.73 Å². The number of hydrogen-bond donors (Lipinski definition) is 2. The quantitative estimate of drug-likeness (QED) is 0.901. The number of thiophene rings is 1. The van der Waals surface area contributed by atoms with Gasteiger partial charge in [0, 0.05) is 15.6 Å². The molecule has 0 radical (unpaired) electrons. The number of benzene rings is 1. The molecular formula is C16H20N2OS. The van der Waals surface area contributed by atoms with Crippen molar-refractivity contribution in [1.29, 1.82) is 0 Å². The summed E-state index contributed by atoms with van der Waals surface area (Å²) >= 11 is 1.51. The van der Waals surface area contributed by atoms with Gasteiger partial charge in [0.2, 0.25) is 0 Å². The van der Waals surface area contributed by atoms with Gasteiger partial charge in [-0.2, -0.15) is 0 Å². The summed E-state index contributed by atoms with van der Waals surface area (Å²) < 4.78 is 1.12. The van der Waals surface area contributed by atoms with Gasteiger partial charge in [0.05, 0.1) is 5.69 Å². The average Bonchev–Trinajstić information content (AvgIpc) is 2.73. The molecule has 1 aromatic heterocycles. The van der Waals surface area contributed by atoms with Crippen LogP contribution in [0.25, 0.3) is 10.1 Å². The van der Waals surface area contributed by atoms with Crippen molar-refractivity contribution in [3.05, 3.63) is 28.6 Å². The largest absolute Gasteiger partial charge is 0.397 e. The third-order valence-corrected chi connectivity index (χ3v) is 5.88. The molecule has 1 aliphatic carbocycles. The molecule has 0 unspecified atom stereocenters. The molecule has 0 aliphatic heterocycles. The summed E-state index contributed by atoms with van der Waals surface area (Å²) in [5.74, 6) is -0.00958. The Morgan fingerprint density at radius 2 is 2.20 bits per heavy atom. The fourth-order valence-corrected chi connectivity index (χ4v) is 4.00. The highest BCUT2D eigenvalue weighted by Crippen LogP contribution is 2.38. The van der Waals surface area contributed by atoms with E-state index in [2.05, 4.69) is 25.2 Å². The molecule has 1 saturated carbocycles. The molecule has 2 aromatic rings. The molecule has 0 atom stereocenters. The van der Waals surface area contributed by atoms with Gasteiger partial charge in [-0.25, -0.2) is 0 Å². The molecule has 20 heavy (non-hydrogen) atoms. The van der Waals surface area contributed by atoms with Crippen molar-refractivity contribution >= 4 is 33.0 Å². The first-order chi connectivity index (χ1) is 9.56. The summed E-state index contributed by atoms with van der Waals surface area (Å²) in [5.41, 5.74) is 7.98. The Morgan fingerprint density at radius 1 is 1.45 bits per heavy atom. The maximum atomic E-state index is 12.5. The summed E-state index contributed by atoms with van der Waals surface area (Å²) in [6.45, 7) is 4.19. The van der Waals surface area contributed by atoms with Gasteiger partial charge < -0.3 is 11.1 Å². The predicted molar refractivity (Wildman–Crippen MR) is 85.3 cm³/mol. The first-order valence-corrected chi connectivity index (χ1v) is 7.98. The Kier molecular flexibility index (Phi) is 3.21. The summed E-state index contributed by atoms with van der Waals surface area (Å²) in [6.07, 6.45) is 4.36. The number of nitrogens with one attached hydrogen (secondary N) is 1. The molecule has 1 heterocycles. The molecule has 3 N–H and O–H groups in total. The maximum Gasteiger partial charge on any atom is 0.263 e. The lowest BCUT2D eigenvalue weighted by atomic mass is 9.75. The number of anilines is 1. The van der Waals surface area contributed by atoms with E-state index < -0.39 is 0 Å². The summed E-state index contributed by atoms with van der Waals surface area (Å²) in [6, 6.07) is 6.03. The first kappa shape index (κ1) is 13.4. The summed E-state index contributed by atoms with van der Waals surface area (Å²) in [4.78, 5) is 13.2. The van der Waals surface area contributed by atoms with Crippen LogP contribution < -0.4 is 11.1 Å². The van der Waals surface area contributed by atoms with Crippen molar-refractivity contribution in [3.8, 4) is 0 Å². The molecule has 1 fully saturated rings. The van der Waals surface area contributed by atoms with Crippen LogP contribution in [0, 0.1) is 6.92 Å². The Labute approximate surface area is 123 Å². The SMILES string of the molecule is CCC1(NC(=O)c2sc3c(C)cccc3c2N)CCC1. The third-order valence-electron chi connectivity index (χ3n) is 4.52. The van der Waals surface area contributed by atoms with Gasteiger partial charge >= 0.3 is 0 Å². The van der Waals surface area contributed by atoms with Crippen LogP contribution in [-0.2, 0) is 0 Å². The minimum absolute atomic E-state index is 0.00867. The van der Waals surface area contributed by atoms with Crippen molar-refractivity contribution < 1.29 is 4.79 Å². The standard InChI is InChI=1S/C16H20N2OS/c1-3-16(8-5-9-16)18-15(19)14-12(17)11-7-4-6-10(2)13(11)20-14/h4,6-7H,3,5,8-9,17H2,1-2H3,(H,18,19). The third kappa shape index (κ3) is 1.99. The molecule has 1 aromatic carbocycles. The topological polar surface area (TPSA) is 55.1 Å². The van der Waals surface area contributed by atoms with Crippen molar-refractivity contribution in [2.45, 2.75) is 45.1 Å². The van der Waals surface area contributed by atoms with Gasteiger partial charge in [-0.15, -0.1) is 11.3 Å². The molecular weight excluding hydrogens is 268 g/mol. The molecule has 3 rings (SSSR count). The van der Waals surface area contributed by atoms with E-state index in [1.54, 1.807) is 0 Å². The number of nitrogen functional groups attached to an aromatic ring is 1. The molecule has 0 bridgehead atoms. The lowest BCUT2D eigenvalue weighted by molar-refractivity contribution is 0.0825. The number of hydrogen-bond acceptors (Lipinski definition) is 3. The lowest BCUT2D eigenvalue weighted by Gasteiger charge is -2.41. The monoisotopic (exact) mass is 288 g/mol. The number of nitrogens with two attached hydrogens (primary N) is 1. The number of fused-ring (bicyclic) bond motifs is 1. The maximum absolute atomic E-state index is 12.5. The predicted octanol–water partition coefficient (Wildman–Crippen LogP) is 3.85. The number of carbonyl (C=O) groups excluding carboxylic acids is 1. The fourth-order valence-electron chi connectivity index (χ4n) is 2.92. The van der Waals surface area contributed by atoms with Crippen molar-refractivity contribution in [3.63, 3.8) is 0 Å². The average molecular weight is 288 g/mol. The zero-order valence-corrected chi connectivity index (χ0v) is 12.8. The van der Waals surface area contributed by atoms with Crippen LogP contribution in [0.2, 0.25) is 0 Å². The Balaban J connectivity index is 1.96. The van der Waals surface area contributed by atoms with Crippen LogP contribution >= 0.6 is 11.3 Å². The second kappa shape index (κ2) is 4.77. The Morgan fingerprint density at radius 3 is 2.75 bits per heavy atom. The van der Waals surface area contributed by atoms with Crippen LogP contribution in [-0.4, -0.2) is 11.4 Å². The van der Waals surface area contributed by atoms with E-state index in [4.69, 9.17) is 5.73 Å². The van der Waals surface area contributed by atoms with Crippen molar-refractivity contribution in [2.24, 2.45) is 0 Å². The van der Waals surface area contributed by atoms with Gasteiger partial charge in [-0.05, 0) is 38.2 Å². The molecule has 106 valence electrons. The van der Waals surface area contributed by atoms with Crippen LogP contribution in [0.3, 0.4) is 0 Å². The van der Waals surface area contributed by atoms with E-state index in [0.717, 1.165) is 29.3 Å². The van der Waals surface area contributed by atoms with Gasteiger partial charge in [-0.3, -0.25) is 4.79 Å². The molecule has 0 saturated heterocycles. The van der Waals surface area contributed by atoms with Gasteiger partial charge in [0.25, 0.3) is 5.91 Å². The summed E-state index contributed by atoms with van der Waals surface area (Å²) in [7, 11) is 0. The normalized spacial score (nSPS) is 16.9. The zero-order valence-electron chi connectivity index (χ0n) is 12.0. The second-order valence-electron chi connectivity index (χ2n) is 5.74. The minimum Gasteiger partial charge on any atom is -0.397 e. The van der Waals surface area contributed by atoms with E-state index in [1.165, 1.54) is 23.3 Å². The van der Waals surface area contributed by atoms with E-state index in [1.807, 2.05) is 12.1 Å². The van der Waals surface area contributed by atoms with Gasteiger partial charge in [-0.1, -0.05) is 25.1 Å². The van der Waals surface area contributed by atoms with E-state index >= 15 is 0 Å². The van der Waals surface area contributed by atoms with E-state index in [0.29, 0.717) is 10.6 Å². The molecule has 3 nitrogen and oxygen atoms in total. The number of rotatable bonds is 3. The first-order valence-electron chi connectivity index (χ1n) is 7.16. The van der Waals surface area contributed by atoms with E-state index in [-0.39, 0.29) is 11.4 Å². The molecule has 0 spiro atoms. The molecule has 1 aliphatic rings. The lowest BCUT2D eigenvalue weighted by Crippen LogP contribution is -2.52. The van der Waals surface area contributed by atoms with E-state index in [9.17, 15) is 4.79 Å². The fraction of sp³-hybridized carbons (Fsp3) is 0.438. The van der Waals surface area contributed by atoms with Gasteiger partial charge in [0.1, 0.15) is 4.88 Å². The highest BCUT2D eigenvalue weighted by Gasteiger charge is 2.37. The number of amides is 1. The van der Waals surface area contributed by atoms with Crippen LogP contribution in [0.4, 0.5) is 5.69 Å². The summed E-state index contributed by atoms with van der Waals surface area (Å²) in [5, 5.41) is 4.21. The number of aryl methyl sites for hydroxylation is 1. The highest BCUT2D eigenvalue weighted by atomic mass is 32.1. The smallest absolute Gasteiger partial charge is 0.263 e. The van der Waals surface area contributed by atoms with Crippen LogP contribution in [0.15, 0.2) is 18.2 Å². The molecule has 1 amide bonds. The molecule has 4 heteroatoms. The number of carbonyl (C=O) groups is 1. The highest BCUT2D eigenvalue weighted by molar-refractivity contribution is 7.21. The van der Waals surface area contributed by atoms with Crippen LogP contribution in [0.1, 0.15) is 47.8 Å². The zero-order chi connectivity index (χ0) is 14.3. The van der Waals surface area contributed by atoms with Gasteiger partial charge in [0.15, 0.2) is 0 Å².